The minimum atomic E-state index is 0.726. The molecule has 0 aliphatic heterocycles. The second-order valence-corrected chi connectivity index (χ2v) is 4.71. The predicted octanol–water partition coefficient (Wildman–Crippen LogP) is 2.81. The van der Waals surface area contributed by atoms with Gasteiger partial charge in [0.05, 0.1) is 16.6 Å². The molecule has 0 saturated heterocycles. The third-order valence-electron chi connectivity index (χ3n) is 3.41. The Bertz CT molecular complexity index is 928. The number of anilines is 2. The van der Waals surface area contributed by atoms with Crippen molar-refractivity contribution < 1.29 is 0 Å². The standard InChI is InChI=1S/C15H12N4/c16-10-2-4-13-9(7-10)1-6-15-18-12-8-11(17)3-5-14(12)19(13)15/h1-8H,16-17H2. The Morgan fingerprint density at radius 3 is 2.37 bits per heavy atom. The zero-order chi connectivity index (χ0) is 13.0. The first-order valence-electron chi connectivity index (χ1n) is 6.08. The van der Waals surface area contributed by atoms with E-state index in [1.807, 2.05) is 48.5 Å². The van der Waals surface area contributed by atoms with Gasteiger partial charge in [0.2, 0.25) is 0 Å². The zero-order valence-electron chi connectivity index (χ0n) is 10.2. The fourth-order valence-corrected chi connectivity index (χ4v) is 2.56. The molecule has 0 aliphatic carbocycles. The lowest BCUT2D eigenvalue weighted by Gasteiger charge is -2.04. The average Bonchev–Trinajstić information content (AvgIpc) is 2.75. The molecule has 4 nitrogen and oxygen atoms in total. The van der Waals surface area contributed by atoms with Crippen LogP contribution in [0.4, 0.5) is 11.4 Å². The zero-order valence-corrected chi connectivity index (χ0v) is 10.2. The minimum absolute atomic E-state index is 0.726. The minimum Gasteiger partial charge on any atom is -0.399 e. The number of hydrogen-bond acceptors (Lipinski definition) is 3. The maximum absolute atomic E-state index is 5.83. The van der Waals surface area contributed by atoms with Gasteiger partial charge in [-0.05, 0) is 48.5 Å². The molecular formula is C15H12N4. The third-order valence-corrected chi connectivity index (χ3v) is 3.41. The second kappa shape index (κ2) is 3.38. The molecule has 4 N–H and O–H groups in total. The molecule has 2 aromatic heterocycles. The highest BCUT2D eigenvalue weighted by Crippen LogP contribution is 2.25. The monoisotopic (exact) mass is 248 g/mol. The van der Waals surface area contributed by atoms with E-state index in [0.29, 0.717) is 0 Å². The first-order valence-corrected chi connectivity index (χ1v) is 6.08. The highest BCUT2D eigenvalue weighted by molar-refractivity contribution is 5.92. The van der Waals surface area contributed by atoms with Gasteiger partial charge >= 0.3 is 0 Å². The molecule has 92 valence electrons. The summed E-state index contributed by atoms with van der Waals surface area (Å²) in [6, 6.07) is 15.7. The summed E-state index contributed by atoms with van der Waals surface area (Å²) in [5.41, 5.74) is 17.1. The van der Waals surface area contributed by atoms with Gasteiger partial charge in [-0.2, -0.15) is 0 Å². The van der Waals surface area contributed by atoms with E-state index in [1.165, 1.54) is 0 Å². The molecule has 19 heavy (non-hydrogen) atoms. The van der Waals surface area contributed by atoms with Gasteiger partial charge in [0.25, 0.3) is 0 Å². The molecule has 0 bridgehead atoms. The van der Waals surface area contributed by atoms with Crippen LogP contribution >= 0.6 is 0 Å². The van der Waals surface area contributed by atoms with E-state index in [0.717, 1.165) is 39.0 Å². The summed E-state index contributed by atoms with van der Waals surface area (Å²) in [6.45, 7) is 0. The number of fused-ring (bicyclic) bond motifs is 5. The van der Waals surface area contributed by atoms with Crippen LogP contribution in [0.2, 0.25) is 0 Å². The van der Waals surface area contributed by atoms with E-state index in [2.05, 4.69) is 9.38 Å². The van der Waals surface area contributed by atoms with E-state index >= 15 is 0 Å². The van der Waals surface area contributed by atoms with Crippen molar-refractivity contribution in [2.24, 2.45) is 0 Å². The number of rotatable bonds is 0. The SMILES string of the molecule is Nc1ccc2c(ccc3nc4cc(N)ccc4n32)c1. The van der Waals surface area contributed by atoms with E-state index in [9.17, 15) is 0 Å². The number of aromatic nitrogens is 2. The van der Waals surface area contributed by atoms with Crippen molar-refractivity contribution in [2.45, 2.75) is 0 Å². The van der Waals surface area contributed by atoms with Gasteiger partial charge < -0.3 is 11.5 Å². The van der Waals surface area contributed by atoms with Gasteiger partial charge in [-0.25, -0.2) is 4.98 Å². The lowest BCUT2D eigenvalue weighted by Crippen LogP contribution is -1.90. The molecule has 4 rings (SSSR count). The average molecular weight is 248 g/mol. The smallest absolute Gasteiger partial charge is 0.138 e. The highest BCUT2D eigenvalue weighted by atomic mass is 15.0. The molecule has 2 heterocycles. The Morgan fingerprint density at radius 2 is 1.53 bits per heavy atom. The number of imidazole rings is 1. The topological polar surface area (TPSA) is 69.3 Å². The van der Waals surface area contributed by atoms with E-state index in [-0.39, 0.29) is 0 Å². The first-order chi connectivity index (χ1) is 9.22. The van der Waals surface area contributed by atoms with Gasteiger partial charge in [0, 0.05) is 16.8 Å². The number of benzene rings is 2. The van der Waals surface area contributed by atoms with Crippen molar-refractivity contribution in [3.05, 3.63) is 48.5 Å². The number of nitrogen functional groups attached to an aromatic ring is 2. The molecule has 0 fully saturated rings. The van der Waals surface area contributed by atoms with Crippen LogP contribution in [0.3, 0.4) is 0 Å². The summed E-state index contributed by atoms with van der Waals surface area (Å²) >= 11 is 0. The largest absolute Gasteiger partial charge is 0.399 e. The number of nitrogens with zero attached hydrogens (tertiary/aromatic N) is 2. The third kappa shape index (κ3) is 1.37. The molecule has 0 aliphatic rings. The molecule has 2 aromatic carbocycles. The Hall–Kier alpha value is -2.75. The summed E-state index contributed by atoms with van der Waals surface area (Å²) in [5.74, 6) is 0. The fourth-order valence-electron chi connectivity index (χ4n) is 2.56. The Kier molecular flexibility index (Phi) is 1.82. The molecule has 0 atom stereocenters. The van der Waals surface area contributed by atoms with Crippen molar-refractivity contribution in [3.63, 3.8) is 0 Å². The van der Waals surface area contributed by atoms with Crippen LogP contribution in [0.15, 0.2) is 48.5 Å². The molecule has 0 saturated carbocycles. The molecule has 4 aromatic rings. The summed E-state index contributed by atoms with van der Waals surface area (Å²) in [6.07, 6.45) is 0. The van der Waals surface area contributed by atoms with Crippen molar-refractivity contribution in [3.8, 4) is 0 Å². The Labute approximate surface area is 109 Å². The molecule has 0 unspecified atom stereocenters. The van der Waals surface area contributed by atoms with Gasteiger partial charge in [0.15, 0.2) is 0 Å². The number of pyridine rings is 1. The molecule has 4 heteroatoms. The van der Waals surface area contributed by atoms with Gasteiger partial charge in [0.1, 0.15) is 5.65 Å². The summed E-state index contributed by atoms with van der Waals surface area (Å²) in [4.78, 5) is 4.60. The second-order valence-electron chi connectivity index (χ2n) is 4.71. The maximum atomic E-state index is 5.83. The van der Waals surface area contributed by atoms with Crippen LogP contribution in [0.1, 0.15) is 0 Å². The quantitative estimate of drug-likeness (QED) is 0.470. The molecule has 0 spiro atoms. The van der Waals surface area contributed by atoms with Crippen molar-refractivity contribution >= 4 is 39.0 Å². The van der Waals surface area contributed by atoms with Gasteiger partial charge in [-0.15, -0.1) is 0 Å². The van der Waals surface area contributed by atoms with Crippen LogP contribution in [-0.2, 0) is 0 Å². The van der Waals surface area contributed by atoms with Crippen LogP contribution in [0.5, 0.6) is 0 Å². The fraction of sp³-hybridized carbons (Fsp3) is 0. The van der Waals surface area contributed by atoms with Crippen LogP contribution in [0.25, 0.3) is 27.6 Å². The maximum Gasteiger partial charge on any atom is 0.138 e. The van der Waals surface area contributed by atoms with Crippen molar-refractivity contribution in [1.29, 1.82) is 0 Å². The lowest BCUT2D eigenvalue weighted by atomic mass is 10.2. The van der Waals surface area contributed by atoms with Crippen LogP contribution in [0, 0.1) is 0 Å². The van der Waals surface area contributed by atoms with Crippen LogP contribution in [-0.4, -0.2) is 9.38 Å². The highest BCUT2D eigenvalue weighted by Gasteiger charge is 2.07. The van der Waals surface area contributed by atoms with E-state index in [4.69, 9.17) is 11.5 Å². The first kappa shape index (κ1) is 10.2. The Balaban J connectivity index is 2.28. The normalized spacial score (nSPS) is 11.6. The van der Waals surface area contributed by atoms with E-state index < -0.39 is 0 Å². The Morgan fingerprint density at radius 1 is 0.789 bits per heavy atom. The summed E-state index contributed by atoms with van der Waals surface area (Å²) < 4.78 is 2.13. The molecule has 0 amide bonds. The molecular weight excluding hydrogens is 236 g/mol. The summed E-state index contributed by atoms with van der Waals surface area (Å²) in [5, 5.41) is 1.10. The number of hydrogen-bond donors (Lipinski definition) is 2. The number of nitrogens with two attached hydrogens (primary N) is 2. The van der Waals surface area contributed by atoms with Crippen molar-refractivity contribution in [2.75, 3.05) is 11.5 Å². The van der Waals surface area contributed by atoms with Gasteiger partial charge in [-0.3, -0.25) is 4.40 Å². The summed E-state index contributed by atoms with van der Waals surface area (Å²) in [7, 11) is 0. The molecule has 0 radical (unpaired) electrons. The van der Waals surface area contributed by atoms with Gasteiger partial charge in [-0.1, -0.05) is 0 Å². The van der Waals surface area contributed by atoms with Crippen molar-refractivity contribution in [1.82, 2.24) is 9.38 Å². The van der Waals surface area contributed by atoms with E-state index in [1.54, 1.807) is 0 Å². The lowest BCUT2D eigenvalue weighted by molar-refractivity contribution is 1.30. The predicted molar refractivity (Wildman–Crippen MR) is 79.0 cm³/mol. The van der Waals surface area contributed by atoms with Crippen LogP contribution < -0.4 is 11.5 Å².